The van der Waals surface area contributed by atoms with E-state index in [4.69, 9.17) is 15.2 Å². The SMILES string of the molecule is CCCC(C)Oc1nc(N)c2[nH]c(=O)n(CCCCCNC3CCOCC3)c2n1. The van der Waals surface area contributed by atoms with E-state index in [0.29, 0.717) is 23.8 Å². The van der Waals surface area contributed by atoms with Gasteiger partial charge in [-0.25, -0.2) is 4.79 Å². The zero-order valence-electron chi connectivity index (χ0n) is 17.6. The lowest BCUT2D eigenvalue weighted by Crippen LogP contribution is -2.35. The van der Waals surface area contributed by atoms with Crippen molar-refractivity contribution in [1.29, 1.82) is 0 Å². The number of H-pyrrole nitrogens is 1. The van der Waals surface area contributed by atoms with Gasteiger partial charge in [0, 0.05) is 25.8 Å². The first-order valence-corrected chi connectivity index (χ1v) is 10.8. The Balaban J connectivity index is 1.54. The molecule has 0 aliphatic carbocycles. The lowest BCUT2D eigenvalue weighted by atomic mass is 10.1. The summed E-state index contributed by atoms with van der Waals surface area (Å²) in [7, 11) is 0. The number of fused-ring (bicyclic) bond motifs is 1. The van der Waals surface area contributed by atoms with Crippen molar-refractivity contribution in [3.8, 4) is 6.01 Å². The number of rotatable bonds is 11. The van der Waals surface area contributed by atoms with Crippen molar-refractivity contribution in [3.63, 3.8) is 0 Å². The van der Waals surface area contributed by atoms with Crippen molar-refractivity contribution in [2.75, 3.05) is 25.5 Å². The molecular weight excluding hydrogens is 372 g/mol. The number of nitrogen functional groups attached to an aromatic ring is 1. The normalized spacial score (nSPS) is 16.3. The Labute approximate surface area is 171 Å². The first-order valence-electron chi connectivity index (χ1n) is 10.8. The second-order valence-corrected chi connectivity index (χ2v) is 7.79. The highest BCUT2D eigenvalue weighted by molar-refractivity contribution is 5.81. The molecule has 0 aromatic carbocycles. The van der Waals surface area contributed by atoms with Crippen LogP contribution in [0.25, 0.3) is 11.2 Å². The smallest absolute Gasteiger partial charge is 0.327 e. The van der Waals surface area contributed by atoms with E-state index >= 15 is 0 Å². The molecule has 1 fully saturated rings. The van der Waals surface area contributed by atoms with Crippen LogP contribution in [-0.2, 0) is 11.3 Å². The molecule has 3 heterocycles. The van der Waals surface area contributed by atoms with Crippen molar-refractivity contribution in [2.24, 2.45) is 0 Å². The highest BCUT2D eigenvalue weighted by Gasteiger charge is 2.16. The summed E-state index contributed by atoms with van der Waals surface area (Å²) in [6, 6.07) is 0.803. The Morgan fingerprint density at radius 1 is 1.31 bits per heavy atom. The van der Waals surface area contributed by atoms with Crippen LogP contribution >= 0.6 is 0 Å². The third-order valence-corrected chi connectivity index (χ3v) is 5.34. The number of imidazole rings is 1. The Morgan fingerprint density at radius 2 is 2.10 bits per heavy atom. The molecule has 1 aliphatic heterocycles. The predicted molar refractivity (Wildman–Crippen MR) is 113 cm³/mol. The number of nitrogens with two attached hydrogens (primary N) is 1. The Morgan fingerprint density at radius 3 is 2.86 bits per heavy atom. The maximum atomic E-state index is 12.4. The van der Waals surface area contributed by atoms with Crippen LogP contribution in [0.2, 0.25) is 0 Å². The van der Waals surface area contributed by atoms with Crippen LogP contribution in [0.4, 0.5) is 5.82 Å². The van der Waals surface area contributed by atoms with Crippen LogP contribution in [0.5, 0.6) is 6.01 Å². The average Bonchev–Trinajstić information content (AvgIpc) is 3.01. The van der Waals surface area contributed by atoms with Crippen molar-refractivity contribution < 1.29 is 9.47 Å². The molecule has 0 spiro atoms. The third kappa shape index (κ3) is 5.93. The fourth-order valence-corrected chi connectivity index (χ4v) is 3.72. The van der Waals surface area contributed by atoms with Crippen LogP contribution < -0.4 is 21.5 Å². The number of unbranched alkanes of at least 4 members (excludes halogenated alkanes) is 2. The molecule has 9 heteroatoms. The monoisotopic (exact) mass is 406 g/mol. The highest BCUT2D eigenvalue weighted by Crippen LogP contribution is 2.19. The summed E-state index contributed by atoms with van der Waals surface area (Å²) in [5.74, 6) is 0.241. The molecule has 0 saturated carbocycles. The lowest BCUT2D eigenvalue weighted by Gasteiger charge is -2.23. The number of ether oxygens (including phenoxy) is 2. The van der Waals surface area contributed by atoms with Gasteiger partial charge >= 0.3 is 11.7 Å². The molecule has 1 atom stereocenters. The van der Waals surface area contributed by atoms with Crippen molar-refractivity contribution in [1.82, 2.24) is 24.8 Å². The molecule has 0 bridgehead atoms. The number of nitrogens with one attached hydrogen (secondary N) is 2. The summed E-state index contributed by atoms with van der Waals surface area (Å²) < 4.78 is 12.8. The quantitative estimate of drug-likeness (QED) is 0.489. The Bertz CT molecular complexity index is 827. The fraction of sp³-hybridized carbons (Fsp3) is 0.750. The predicted octanol–water partition coefficient (Wildman–Crippen LogP) is 2.21. The fourth-order valence-electron chi connectivity index (χ4n) is 3.72. The van der Waals surface area contributed by atoms with Gasteiger partial charge in [-0.05, 0) is 45.6 Å². The molecule has 3 rings (SSSR count). The minimum absolute atomic E-state index is 0.000749. The number of aryl methyl sites for hydroxylation is 1. The van der Waals surface area contributed by atoms with E-state index in [-0.39, 0.29) is 23.6 Å². The Hall–Kier alpha value is -2.13. The van der Waals surface area contributed by atoms with E-state index in [9.17, 15) is 4.79 Å². The molecule has 9 nitrogen and oxygen atoms in total. The molecule has 2 aromatic heterocycles. The van der Waals surface area contributed by atoms with Crippen LogP contribution in [0.1, 0.15) is 58.8 Å². The van der Waals surface area contributed by atoms with Gasteiger partial charge in [-0.3, -0.25) is 4.57 Å². The molecule has 1 saturated heterocycles. The Kier molecular flexibility index (Phi) is 7.88. The van der Waals surface area contributed by atoms with Crippen molar-refractivity contribution in [3.05, 3.63) is 10.5 Å². The summed E-state index contributed by atoms with van der Waals surface area (Å²) in [5, 5.41) is 3.59. The van der Waals surface area contributed by atoms with Gasteiger partial charge in [0.1, 0.15) is 5.52 Å². The summed E-state index contributed by atoms with van der Waals surface area (Å²) >= 11 is 0. The van der Waals surface area contributed by atoms with Crippen molar-refractivity contribution >= 4 is 17.0 Å². The number of nitrogens with zero attached hydrogens (tertiary/aromatic N) is 3. The van der Waals surface area contributed by atoms with Crippen molar-refractivity contribution in [2.45, 2.75) is 77.5 Å². The zero-order valence-corrected chi connectivity index (χ0v) is 17.6. The van der Waals surface area contributed by atoms with Crippen LogP contribution in [0, 0.1) is 0 Å². The molecule has 162 valence electrons. The van der Waals surface area contributed by atoms with Crippen LogP contribution in [-0.4, -0.2) is 51.4 Å². The van der Waals surface area contributed by atoms with E-state index in [0.717, 1.165) is 64.7 Å². The van der Waals surface area contributed by atoms with Gasteiger partial charge in [0.2, 0.25) is 0 Å². The molecule has 0 amide bonds. The lowest BCUT2D eigenvalue weighted by molar-refractivity contribution is 0.0780. The molecule has 1 aliphatic rings. The number of hydrogen-bond donors (Lipinski definition) is 3. The highest BCUT2D eigenvalue weighted by atomic mass is 16.5. The van der Waals surface area contributed by atoms with Gasteiger partial charge in [0.25, 0.3) is 0 Å². The summed E-state index contributed by atoms with van der Waals surface area (Å²) in [5.41, 5.74) is 6.81. The van der Waals surface area contributed by atoms with E-state index < -0.39 is 0 Å². The minimum atomic E-state index is -0.208. The molecule has 29 heavy (non-hydrogen) atoms. The summed E-state index contributed by atoms with van der Waals surface area (Å²) in [6.45, 7) is 7.38. The van der Waals surface area contributed by atoms with Gasteiger partial charge in [0.15, 0.2) is 11.5 Å². The van der Waals surface area contributed by atoms with E-state index in [1.165, 1.54) is 0 Å². The van der Waals surface area contributed by atoms with Gasteiger partial charge in [-0.1, -0.05) is 19.8 Å². The van der Waals surface area contributed by atoms with Gasteiger partial charge in [0.05, 0.1) is 6.10 Å². The van der Waals surface area contributed by atoms with Gasteiger partial charge < -0.3 is 25.5 Å². The summed E-state index contributed by atoms with van der Waals surface area (Å²) in [4.78, 5) is 23.8. The topological polar surface area (TPSA) is 120 Å². The molecular formula is C20H34N6O3. The minimum Gasteiger partial charge on any atom is -0.460 e. The number of hydrogen-bond acceptors (Lipinski definition) is 7. The molecule has 0 radical (unpaired) electrons. The number of anilines is 1. The van der Waals surface area contributed by atoms with Gasteiger partial charge in [-0.2, -0.15) is 9.97 Å². The maximum absolute atomic E-state index is 12.4. The third-order valence-electron chi connectivity index (χ3n) is 5.34. The molecule has 4 N–H and O–H groups in total. The molecule has 1 unspecified atom stereocenters. The first-order chi connectivity index (χ1) is 14.1. The zero-order chi connectivity index (χ0) is 20.6. The van der Waals surface area contributed by atoms with E-state index in [2.05, 4.69) is 27.2 Å². The first kappa shape index (κ1) is 21.6. The second kappa shape index (κ2) is 10.6. The van der Waals surface area contributed by atoms with Crippen LogP contribution in [0.15, 0.2) is 4.79 Å². The van der Waals surface area contributed by atoms with E-state index in [1.54, 1.807) is 4.57 Å². The van der Waals surface area contributed by atoms with Crippen LogP contribution in [0.3, 0.4) is 0 Å². The number of aromatic amines is 1. The van der Waals surface area contributed by atoms with Gasteiger partial charge in [-0.15, -0.1) is 0 Å². The standard InChI is InChI=1S/C20H34N6O3/c1-3-7-14(2)29-19-24-17(21)16-18(25-19)26(20(27)23-16)11-6-4-5-10-22-15-8-12-28-13-9-15/h14-15,22H,3-13H2,1-2H3,(H,23,27)(H2,21,24,25). The largest absolute Gasteiger partial charge is 0.460 e. The molecule has 2 aromatic rings. The average molecular weight is 407 g/mol. The maximum Gasteiger partial charge on any atom is 0.327 e. The summed E-state index contributed by atoms with van der Waals surface area (Å²) in [6.07, 6.45) is 7.11. The second-order valence-electron chi connectivity index (χ2n) is 7.79. The number of aromatic nitrogens is 4. The van der Waals surface area contributed by atoms with E-state index in [1.807, 2.05) is 6.92 Å².